The highest BCUT2D eigenvalue weighted by Crippen LogP contribution is 2.16. The summed E-state index contributed by atoms with van der Waals surface area (Å²) in [5.74, 6) is 1.04. The van der Waals surface area contributed by atoms with Crippen molar-refractivity contribution in [1.29, 1.82) is 0 Å². The number of ketones is 2. The fraction of sp³-hybridized carbons (Fsp3) is 0.905. The Morgan fingerprint density at radius 3 is 2.00 bits per heavy atom. The molecule has 0 radical (unpaired) electrons. The molecular formula is C21H40O5. The van der Waals surface area contributed by atoms with E-state index >= 15 is 0 Å². The summed E-state index contributed by atoms with van der Waals surface area (Å²) in [5.41, 5.74) is 0. The summed E-state index contributed by atoms with van der Waals surface area (Å²) in [6.07, 6.45) is 10.4. The molecule has 0 aliphatic carbocycles. The molecule has 0 saturated carbocycles. The van der Waals surface area contributed by atoms with Gasteiger partial charge in [-0.25, -0.2) is 0 Å². The molecule has 0 aliphatic heterocycles. The lowest BCUT2D eigenvalue weighted by molar-refractivity contribution is -0.120. The maximum Gasteiger partial charge on any atom is 0.132 e. The van der Waals surface area contributed by atoms with Crippen LogP contribution in [-0.2, 0) is 14.3 Å². The van der Waals surface area contributed by atoms with E-state index in [1.807, 2.05) is 6.92 Å². The predicted molar refractivity (Wildman–Crippen MR) is 104 cm³/mol. The van der Waals surface area contributed by atoms with Crippen LogP contribution < -0.4 is 0 Å². The van der Waals surface area contributed by atoms with E-state index < -0.39 is 0 Å². The lowest BCUT2D eigenvalue weighted by Gasteiger charge is -2.15. The fourth-order valence-electron chi connectivity index (χ4n) is 2.98. The zero-order valence-corrected chi connectivity index (χ0v) is 16.7. The third-order valence-electron chi connectivity index (χ3n) is 4.78. The van der Waals surface area contributed by atoms with Crippen LogP contribution >= 0.6 is 0 Å². The molecule has 0 bridgehead atoms. The second kappa shape index (κ2) is 19.0. The first-order chi connectivity index (χ1) is 12.6. The second-order valence-electron chi connectivity index (χ2n) is 7.09. The van der Waals surface area contributed by atoms with Gasteiger partial charge >= 0.3 is 0 Å². The van der Waals surface area contributed by atoms with E-state index in [1.165, 1.54) is 0 Å². The smallest absolute Gasteiger partial charge is 0.132 e. The molecule has 0 aliphatic rings. The molecule has 1 atom stereocenters. The van der Waals surface area contributed by atoms with E-state index in [9.17, 15) is 9.59 Å². The summed E-state index contributed by atoms with van der Waals surface area (Å²) in [5, 5.41) is 17.9. The van der Waals surface area contributed by atoms with Crippen molar-refractivity contribution in [2.75, 3.05) is 26.4 Å². The average molecular weight is 373 g/mol. The number of aliphatic hydroxyl groups is 2. The standard InChI is InChI=1S/C21H40O5/c1-2-20(24)10-3-4-11-21(25)12-6-8-17-26-18-14-19(13-16-23)9-5-7-15-22/h19,22-23H,2-18H2,1H3. The van der Waals surface area contributed by atoms with Gasteiger partial charge < -0.3 is 14.9 Å². The van der Waals surface area contributed by atoms with Crippen molar-refractivity contribution in [2.24, 2.45) is 5.92 Å². The van der Waals surface area contributed by atoms with Gasteiger partial charge in [0.2, 0.25) is 0 Å². The molecule has 26 heavy (non-hydrogen) atoms. The van der Waals surface area contributed by atoms with Crippen molar-refractivity contribution in [1.82, 2.24) is 0 Å². The van der Waals surface area contributed by atoms with Crippen LogP contribution in [0.25, 0.3) is 0 Å². The van der Waals surface area contributed by atoms with Gasteiger partial charge in [-0.15, -0.1) is 0 Å². The first kappa shape index (κ1) is 25.2. The molecule has 154 valence electrons. The van der Waals surface area contributed by atoms with Crippen molar-refractivity contribution >= 4 is 11.6 Å². The van der Waals surface area contributed by atoms with Gasteiger partial charge in [-0.3, -0.25) is 9.59 Å². The summed E-state index contributed by atoms with van der Waals surface area (Å²) in [6.45, 7) is 3.69. The van der Waals surface area contributed by atoms with Gasteiger partial charge in [-0.05, 0) is 50.9 Å². The van der Waals surface area contributed by atoms with Crippen molar-refractivity contribution in [3.63, 3.8) is 0 Å². The second-order valence-corrected chi connectivity index (χ2v) is 7.09. The third-order valence-corrected chi connectivity index (χ3v) is 4.78. The van der Waals surface area contributed by atoms with E-state index in [2.05, 4.69) is 0 Å². The van der Waals surface area contributed by atoms with Crippen molar-refractivity contribution < 1.29 is 24.5 Å². The maximum absolute atomic E-state index is 11.8. The topological polar surface area (TPSA) is 83.8 Å². The number of rotatable bonds is 20. The number of carbonyl (C=O) groups excluding carboxylic acids is 2. The Labute approximate surface area is 159 Å². The fourth-order valence-corrected chi connectivity index (χ4v) is 2.98. The Bertz CT molecular complexity index is 343. The van der Waals surface area contributed by atoms with Crippen LogP contribution in [0.15, 0.2) is 0 Å². The Kier molecular flexibility index (Phi) is 18.4. The van der Waals surface area contributed by atoms with E-state index in [-0.39, 0.29) is 19.0 Å². The van der Waals surface area contributed by atoms with Crippen LogP contribution in [-0.4, -0.2) is 48.2 Å². The molecule has 0 amide bonds. The number of aliphatic hydroxyl groups excluding tert-OH is 2. The Hall–Kier alpha value is -0.780. The monoisotopic (exact) mass is 372 g/mol. The van der Waals surface area contributed by atoms with Gasteiger partial charge in [0.05, 0.1) is 0 Å². The van der Waals surface area contributed by atoms with Crippen LogP contribution in [0.2, 0.25) is 0 Å². The molecule has 0 rings (SSSR count). The maximum atomic E-state index is 11.8. The van der Waals surface area contributed by atoms with Crippen molar-refractivity contribution in [3.05, 3.63) is 0 Å². The van der Waals surface area contributed by atoms with Crippen LogP contribution in [0.5, 0.6) is 0 Å². The third kappa shape index (κ3) is 16.7. The minimum absolute atomic E-state index is 0.207. The summed E-state index contributed by atoms with van der Waals surface area (Å²) < 4.78 is 5.66. The quantitative estimate of drug-likeness (QED) is 0.317. The summed E-state index contributed by atoms with van der Waals surface area (Å²) in [4.78, 5) is 22.9. The van der Waals surface area contributed by atoms with Crippen molar-refractivity contribution in [3.8, 4) is 0 Å². The molecule has 2 N–H and O–H groups in total. The molecular weight excluding hydrogens is 332 g/mol. The highest BCUT2D eigenvalue weighted by atomic mass is 16.5. The minimum atomic E-state index is 0.207. The van der Waals surface area contributed by atoms with Crippen molar-refractivity contribution in [2.45, 2.75) is 90.4 Å². The molecule has 5 nitrogen and oxygen atoms in total. The van der Waals surface area contributed by atoms with Gasteiger partial charge in [0.25, 0.3) is 0 Å². The average Bonchev–Trinajstić information content (AvgIpc) is 2.64. The number of unbranched alkanes of at least 4 members (excludes halogenated alkanes) is 3. The van der Waals surface area contributed by atoms with E-state index in [1.54, 1.807) is 0 Å². The first-order valence-corrected chi connectivity index (χ1v) is 10.5. The normalized spacial score (nSPS) is 12.3. The van der Waals surface area contributed by atoms with Crippen LogP contribution in [0.1, 0.15) is 90.4 Å². The number of Topliss-reactive ketones (excluding diaryl/α,β-unsaturated/α-hetero) is 2. The first-order valence-electron chi connectivity index (χ1n) is 10.5. The molecule has 5 heteroatoms. The predicted octanol–water partition coefficient (Wildman–Crippen LogP) is 3.83. The molecule has 0 saturated heterocycles. The SMILES string of the molecule is CCC(=O)CCCCC(=O)CCCCOCCC(CCO)CCCCO. The zero-order valence-electron chi connectivity index (χ0n) is 16.7. The Morgan fingerprint density at radius 2 is 1.38 bits per heavy atom. The number of hydrogen-bond donors (Lipinski definition) is 2. The molecule has 0 fully saturated rings. The van der Waals surface area contributed by atoms with Crippen LogP contribution in [0.4, 0.5) is 0 Å². The van der Waals surface area contributed by atoms with E-state index in [0.29, 0.717) is 50.6 Å². The summed E-state index contributed by atoms with van der Waals surface area (Å²) in [6, 6.07) is 0. The summed E-state index contributed by atoms with van der Waals surface area (Å²) >= 11 is 0. The van der Waals surface area contributed by atoms with Gasteiger partial charge in [0.1, 0.15) is 11.6 Å². The lowest BCUT2D eigenvalue weighted by Crippen LogP contribution is -2.09. The highest BCUT2D eigenvalue weighted by molar-refractivity contribution is 5.79. The highest BCUT2D eigenvalue weighted by Gasteiger charge is 2.08. The lowest BCUT2D eigenvalue weighted by atomic mass is 9.96. The molecule has 0 aromatic rings. The minimum Gasteiger partial charge on any atom is -0.396 e. The summed E-state index contributed by atoms with van der Waals surface area (Å²) in [7, 11) is 0. The number of hydrogen-bond acceptors (Lipinski definition) is 5. The van der Waals surface area contributed by atoms with Crippen LogP contribution in [0.3, 0.4) is 0 Å². The number of carbonyl (C=O) groups is 2. The van der Waals surface area contributed by atoms with Gasteiger partial charge in [0.15, 0.2) is 0 Å². The van der Waals surface area contributed by atoms with E-state index in [0.717, 1.165) is 57.8 Å². The van der Waals surface area contributed by atoms with E-state index in [4.69, 9.17) is 14.9 Å². The number of ether oxygens (including phenoxy) is 1. The molecule has 0 aromatic carbocycles. The Morgan fingerprint density at radius 1 is 0.731 bits per heavy atom. The molecule has 1 unspecified atom stereocenters. The molecule has 0 spiro atoms. The largest absolute Gasteiger partial charge is 0.396 e. The van der Waals surface area contributed by atoms with Gasteiger partial charge in [-0.2, -0.15) is 0 Å². The van der Waals surface area contributed by atoms with Gasteiger partial charge in [0, 0.05) is 52.1 Å². The van der Waals surface area contributed by atoms with Crippen LogP contribution in [0, 0.1) is 5.92 Å². The van der Waals surface area contributed by atoms with Gasteiger partial charge in [-0.1, -0.05) is 19.8 Å². The molecule has 0 aromatic heterocycles. The zero-order chi connectivity index (χ0) is 19.5. The molecule has 0 heterocycles. The Balaban J connectivity index is 3.49.